The van der Waals surface area contributed by atoms with Crippen LogP contribution in [0.25, 0.3) is 0 Å². The number of carbonyl (C=O) groups excluding carboxylic acids is 1. The van der Waals surface area contributed by atoms with Gasteiger partial charge in [-0.2, -0.15) is 0 Å². The van der Waals surface area contributed by atoms with E-state index in [1.165, 1.54) is 44.1 Å². The van der Waals surface area contributed by atoms with Crippen LogP contribution in [0.2, 0.25) is 0 Å². The van der Waals surface area contributed by atoms with E-state index in [0.717, 1.165) is 30.7 Å². The van der Waals surface area contributed by atoms with Crippen molar-refractivity contribution >= 4 is 6.03 Å². The molecule has 3 nitrogen and oxygen atoms in total. The highest BCUT2D eigenvalue weighted by molar-refractivity contribution is 5.73. The molecule has 2 amide bonds. The Kier molecular flexibility index (Phi) is 4.04. The Morgan fingerprint density at radius 2 is 1.57 bits per heavy atom. The SMILES string of the molecule is O=C(NCCc1ccccc1)NCC12CC3CC(CC(C3)C1)C2. The molecule has 3 heteroatoms. The van der Waals surface area contributed by atoms with Crippen molar-refractivity contribution in [1.29, 1.82) is 0 Å². The van der Waals surface area contributed by atoms with Gasteiger partial charge in [-0.1, -0.05) is 30.3 Å². The highest BCUT2D eigenvalue weighted by Crippen LogP contribution is 2.59. The summed E-state index contributed by atoms with van der Waals surface area (Å²) in [4.78, 5) is 12.1. The van der Waals surface area contributed by atoms with E-state index < -0.39 is 0 Å². The predicted molar refractivity (Wildman–Crippen MR) is 92.2 cm³/mol. The second-order valence-electron chi connectivity index (χ2n) is 8.26. The summed E-state index contributed by atoms with van der Waals surface area (Å²) in [6.07, 6.45) is 9.33. The third-order valence-electron chi connectivity index (χ3n) is 6.33. The summed E-state index contributed by atoms with van der Waals surface area (Å²) in [7, 11) is 0. The highest BCUT2D eigenvalue weighted by Gasteiger charge is 2.50. The van der Waals surface area contributed by atoms with Gasteiger partial charge in [0.15, 0.2) is 0 Å². The molecule has 0 saturated heterocycles. The number of amides is 2. The van der Waals surface area contributed by atoms with Crippen molar-refractivity contribution in [2.45, 2.75) is 44.9 Å². The molecule has 1 aromatic rings. The summed E-state index contributed by atoms with van der Waals surface area (Å²) in [5.41, 5.74) is 1.69. The molecule has 4 aliphatic carbocycles. The van der Waals surface area contributed by atoms with Gasteiger partial charge in [-0.25, -0.2) is 4.79 Å². The van der Waals surface area contributed by atoms with E-state index in [-0.39, 0.29) is 6.03 Å². The van der Waals surface area contributed by atoms with Gasteiger partial charge >= 0.3 is 6.03 Å². The minimum atomic E-state index is 0.0108. The molecule has 0 aliphatic heterocycles. The Morgan fingerprint density at radius 3 is 2.17 bits per heavy atom. The van der Waals surface area contributed by atoms with Crippen molar-refractivity contribution in [2.24, 2.45) is 23.2 Å². The third kappa shape index (κ3) is 3.39. The molecule has 4 fully saturated rings. The van der Waals surface area contributed by atoms with Crippen LogP contribution < -0.4 is 10.6 Å². The number of urea groups is 1. The van der Waals surface area contributed by atoms with Gasteiger partial charge in [0.2, 0.25) is 0 Å². The topological polar surface area (TPSA) is 41.1 Å². The quantitative estimate of drug-likeness (QED) is 0.854. The first-order valence-electron chi connectivity index (χ1n) is 9.26. The molecule has 0 spiro atoms. The Labute approximate surface area is 139 Å². The largest absolute Gasteiger partial charge is 0.338 e. The Hall–Kier alpha value is -1.51. The van der Waals surface area contributed by atoms with Crippen molar-refractivity contribution in [1.82, 2.24) is 10.6 Å². The maximum absolute atomic E-state index is 12.1. The molecule has 4 aliphatic rings. The number of rotatable bonds is 5. The summed E-state index contributed by atoms with van der Waals surface area (Å²) in [5, 5.41) is 6.19. The molecular weight excluding hydrogens is 284 g/mol. The van der Waals surface area contributed by atoms with E-state index in [9.17, 15) is 4.79 Å². The number of nitrogens with one attached hydrogen (secondary N) is 2. The second kappa shape index (κ2) is 6.18. The minimum Gasteiger partial charge on any atom is -0.338 e. The number of benzene rings is 1. The van der Waals surface area contributed by atoms with Crippen LogP contribution in [0.5, 0.6) is 0 Å². The fourth-order valence-electron chi connectivity index (χ4n) is 5.80. The molecular formula is C20H28N2O. The number of hydrogen-bond donors (Lipinski definition) is 2. The molecule has 5 rings (SSSR count). The highest BCUT2D eigenvalue weighted by atomic mass is 16.2. The zero-order chi connectivity index (χ0) is 15.7. The Bertz CT molecular complexity index is 519. The van der Waals surface area contributed by atoms with Crippen LogP contribution >= 0.6 is 0 Å². The van der Waals surface area contributed by atoms with Crippen LogP contribution in [0.1, 0.15) is 44.1 Å². The zero-order valence-corrected chi connectivity index (χ0v) is 13.9. The van der Waals surface area contributed by atoms with Crippen LogP contribution in [0.4, 0.5) is 4.79 Å². The van der Waals surface area contributed by atoms with E-state index in [2.05, 4.69) is 22.8 Å². The summed E-state index contributed by atoms with van der Waals surface area (Å²) in [6.45, 7) is 1.59. The fourth-order valence-corrected chi connectivity index (χ4v) is 5.80. The fraction of sp³-hybridized carbons (Fsp3) is 0.650. The van der Waals surface area contributed by atoms with Gasteiger partial charge in [0.25, 0.3) is 0 Å². The molecule has 4 bridgehead atoms. The minimum absolute atomic E-state index is 0.0108. The van der Waals surface area contributed by atoms with Crippen molar-refractivity contribution in [2.75, 3.05) is 13.1 Å². The average molecular weight is 312 g/mol. The lowest BCUT2D eigenvalue weighted by Crippen LogP contribution is -2.52. The second-order valence-corrected chi connectivity index (χ2v) is 8.26. The van der Waals surface area contributed by atoms with Crippen LogP contribution in [-0.4, -0.2) is 19.1 Å². The van der Waals surface area contributed by atoms with Crippen LogP contribution in [0.15, 0.2) is 30.3 Å². The number of carbonyl (C=O) groups is 1. The lowest BCUT2D eigenvalue weighted by Gasteiger charge is -2.56. The summed E-state index contributed by atoms with van der Waals surface area (Å²) < 4.78 is 0. The third-order valence-corrected chi connectivity index (χ3v) is 6.33. The molecule has 2 N–H and O–H groups in total. The van der Waals surface area contributed by atoms with Crippen molar-refractivity contribution < 1.29 is 4.79 Å². The van der Waals surface area contributed by atoms with E-state index in [1.54, 1.807) is 0 Å². The smallest absolute Gasteiger partial charge is 0.314 e. The number of hydrogen-bond acceptors (Lipinski definition) is 1. The average Bonchev–Trinajstić information content (AvgIpc) is 2.53. The normalized spacial score (nSPS) is 34.3. The maximum atomic E-state index is 12.1. The first kappa shape index (κ1) is 15.0. The molecule has 124 valence electrons. The van der Waals surface area contributed by atoms with Gasteiger partial charge in [0.1, 0.15) is 0 Å². The van der Waals surface area contributed by atoms with Gasteiger partial charge in [-0.15, -0.1) is 0 Å². The predicted octanol–water partition coefficient (Wildman–Crippen LogP) is 3.74. The van der Waals surface area contributed by atoms with Gasteiger partial charge < -0.3 is 10.6 Å². The first-order valence-corrected chi connectivity index (χ1v) is 9.26. The van der Waals surface area contributed by atoms with Crippen LogP contribution in [0.3, 0.4) is 0 Å². The zero-order valence-electron chi connectivity index (χ0n) is 13.9. The van der Waals surface area contributed by atoms with Crippen molar-refractivity contribution in [3.8, 4) is 0 Å². The maximum Gasteiger partial charge on any atom is 0.314 e. The lowest BCUT2D eigenvalue weighted by atomic mass is 9.49. The monoisotopic (exact) mass is 312 g/mol. The molecule has 0 heterocycles. The summed E-state index contributed by atoms with van der Waals surface area (Å²) in [6, 6.07) is 10.3. The first-order chi connectivity index (χ1) is 11.2. The van der Waals surface area contributed by atoms with E-state index in [4.69, 9.17) is 0 Å². The van der Waals surface area contributed by atoms with Crippen LogP contribution in [0, 0.1) is 23.2 Å². The summed E-state index contributed by atoms with van der Waals surface area (Å²) in [5.74, 6) is 2.84. The van der Waals surface area contributed by atoms with E-state index in [1.807, 2.05) is 18.2 Å². The van der Waals surface area contributed by atoms with Crippen molar-refractivity contribution in [3.05, 3.63) is 35.9 Å². The summed E-state index contributed by atoms with van der Waals surface area (Å²) >= 11 is 0. The molecule has 0 radical (unpaired) electrons. The van der Waals surface area contributed by atoms with Gasteiger partial charge in [0.05, 0.1) is 0 Å². The van der Waals surface area contributed by atoms with Gasteiger partial charge in [-0.3, -0.25) is 0 Å². The molecule has 1 aromatic carbocycles. The Morgan fingerprint density at radius 1 is 0.957 bits per heavy atom. The van der Waals surface area contributed by atoms with Gasteiger partial charge in [-0.05, 0) is 73.7 Å². The van der Waals surface area contributed by atoms with Crippen molar-refractivity contribution in [3.63, 3.8) is 0 Å². The molecule has 4 saturated carbocycles. The van der Waals surface area contributed by atoms with Gasteiger partial charge in [0, 0.05) is 13.1 Å². The Balaban J connectivity index is 1.22. The van der Waals surface area contributed by atoms with E-state index >= 15 is 0 Å². The standard InChI is InChI=1S/C20H28N2O/c23-19(21-7-6-15-4-2-1-3-5-15)22-14-20-11-16-8-17(12-20)10-18(9-16)13-20/h1-5,16-18H,6-14H2,(H2,21,22,23). The lowest BCUT2D eigenvalue weighted by molar-refractivity contribution is -0.0498. The molecule has 0 aromatic heterocycles. The van der Waals surface area contributed by atoms with Crippen LogP contribution in [-0.2, 0) is 6.42 Å². The molecule has 0 atom stereocenters. The molecule has 23 heavy (non-hydrogen) atoms. The molecule has 0 unspecified atom stereocenters. The van der Waals surface area contributed by atoms with E-state index in [0.29, 0.717) is 12.0 Å².